The molecule has 0 saturated carbocycles. The molecular formula is C22H25N3O6. The Bertz CT molecular complexity index is 918. The summed E-state index contributed by atoms with van der Waals surface area (Å²) in [5.41, 5.74) is 1.52. The molecule has 0 spiro atoms. The normalized spacial score (nSPS) is 15.9. The fourth-order valence-electron chi connectivity index (χ4n) is 3.01. The summed E-state index contributed by atoms with van der Waals surface area (Å²) in [6.45, 7) is 0.284. The number of phenols is 1. The summed E-state index contributed by atoms with van der Waals surface area (Å²) in [4.78, 5) is 30.3. The van der Waals surface area contributed by atoms with Crippen LogP contribution < -0.4 is 10.6 Å². The number of benzene rings is 2. The van der Waals surface area contributed by atoms with Gasteiger partial charge in [0.2, 0.25) is 11.8 Å². The number of methoxy groups -OCH3 is 1. The van der Waals surface area contributed by atoms with Gasteiger partial charge in [-0.05, 0) is 23.3 Å². The van der Waals surface area contributed by atoms with Gasteiger partial charge in [0.05, 0.1) is 20.1 Å². The molecule has 1 aliphatic heterocycles. The zero-order valence-corrected chi connectivity index (χ0v) is 17.1. The summed E-state index contributed by atoms with van der Waals surface area (Å²) in [5, 5.41) is 18.8. The highest BCUT2D eigenvalue weighted by Crippen LogP contribution is 2.14. The number of aromatic hydroxyl groups is 1. The second-order valence-corrected chi connectivity index (χ2v) is 7.00. The van der Waals surface area contributed by atoms with Gasteiger partial charge in [-0.25, -0.2) is 4.79 Å². The molecule has 31 heavy (non-hydrogen) atoms. The van der Waals surface area contributed by atoms with Gasteiger partial charge in [0.1, 0.15) is 18.4 Å². The van der Waals surface area contributed by atoms with Gasteiger partial charge in [-0.3, -0.25) is 4.79 Å². The number of carbonyl (C=O) groups is 2. The van der Waals surface area contributed by atoms with Crippen molar-refractivity contribution in [3.8, 4) is 5.75 Å². The lowest BCUT2D eigenvalue weighted by atomic mass is 10.0. The molecule has 2 amide bonds. The van der Waals surface area contributed by atoms with Crippen molar-refractivity contribution in [2.75, 3.05) is 13.7 Å². The van der Waals surface area contributed by atoms with Gasteiger partial charge in [0.25, 0.3) is 0 Å². The van der Waals surface area contributed by atoms with Crippen LogP contribution in [0, 0.1) is 0 Å². The Morgan fingerprint density at radius 1 is 1.19 bits per heavy atom. The Labute approximate surface area is 180 Å². The number of alkyl carbamates (subject to hydrolysis) is 1. The van der Waals surface area contributed by atoms with E-state index in [4.69, 9.17) is 14.3 Å². The monoisotopic (exact) mass is 427 g/mol. The van der Waals surface area contributed by atoms with E-state index in [1.807, 2.05) is 30.3 Å². The van der Waals surface area contributed by atoms with Crippen LogP contribution in [0.3, 0.4) is 0 Å². The highest BCUT2D eigenvalue weighted by Gasteiger charge is 2.26. The molecule has 2 aromatic carbocycles. The molecule has 0 fully saturated rings. The van der Waals surface area contributed by atoms with Crippen LogP contribution in [-0.4, -0.2) is 48.8 Å². The zero-order chi connectivity index (χ0) is 22.1. The van der Waals surface area contributed by atoms with Gasteiger partial charge >= 0.3 is 6.09 Å². The van der Waals surface area contributed by atoms with Gasteiger partial charge in [-0.1, -0.05) is 47.6 Å². The fraction of sp³-hybridized carbons (Fsp3) is 0.318. The number of hydrogen-bond acceptors (Lipinski definition) is 7. The third-order valence-electron chi connectivity index (χ3n) is 4.62. The third-order valence-corrected chi connectivity index (χ3v) is 4.62. The van der Waals surface area contributed by atoms with E-state index >= 15 is 0 Å². The lowest BCUT2D eigenvalue weighted by Gasteiger charge is -2.19. The topological polar surface area (TPSA) is 118 Å². The zero-order valence-electron chi connectivity index (χ0n) is 17.1. The number of amides is 2. The van der Waals surface area contributed by atoms with Crippen molar-refractivity contribution in [2.24, 2.45) is 5.16 Å². The minimum Gasteiger partial charge on any atom is -0.508 e. The SMILES string of the molecule is COC1=NOC(CNC(=O)C(Cc2cccc(O)c2)NC(=O)OCc2ccccc2)C1. The number of hydrogen-bond donors (Lipinski definition) is 3. The molecule has 2 atom stereocenters. The molecule has 1 heterocycles. The van der Waals surface area contributed by atoms with Crippen LogP contribution >= 0.6 is 0 Å². The van der Waals surface area contributed by atoms with Gasteiger partial charge in [0.15, 0.2) is 6.10 Å². The predicted molar refractivity (Wildman–Crippen MR) is 112 cm³/mol. The number of rotatable bonds is 8. The molecular weight excluding hydrogens is 402 g/mol. The van der Waals surface area contributed by atoms with Crippen LogP contribution in [0.5, 0.6) is 5.75 Å². The molecule has 0 saturated heterocycles. The van der Waals surface area contributed by atoms with E-state index in [2.05, 4.69) is 15.8 Å². The standard InChI is InChI=1S/C22H25N3O6/c1-29-20-12-18(31-25-20)13-23-21(27)19(11-16-8-5-9-17(26)10-16)24-22(28)30-14-15-6-3-2-4-7-15/h2-10,18-19,26H,11-14H2,1H3,(H,23,27)(H,24,28). The van der Waals surface area contributed by atoms with Gasteiger partial charge < -0.3 is 30.1 Å². The third kappa shape index (κ3) is 6.91. The number of carbonyl (C=O) groups excluding carboxylic acids is 2. The van der Waals surface area contributed by atoms with Crippen molar-refractivity contribution in [3.63, 3.8) is 0 Å². The number of nitrogens with one attached hydrogen (secondary N) is 2. The highest BCUT2D eigenvalue weighted by atomic mass is 16.7. The maximum atomic E-state index is 12.8. The van der Waals surface area contributed by atoms with E-state index in [-0.39, 0.29) is 31.4 Å². The minimum absolute atomic E-state index is 0.0758. The van der Waals surface area contributed by atoms with Crippen LogP contribution in [0.25, 0.3) is 0 Å². The van der Waals surface area contributed by atoms with E-state index in [1.54, 1.807) is 12.1 Å². The Kier molecular flexibility index (Phi) is 7.69. The summed E-state index contributed by atoms with van der Waals surface area (Å²) in [7, 11) is 1.50. The van der Waals surface area contributed by atoms with E-state index in [0.29, 0.717) is 17.9 Å². The number of oxime groups is 1. The first-order valence-corrected chi connectivity index (χ1v) is 9.83. The predicted octanol–water partition coefficient (Wildman–Crippen LogP) is 2.09. The average Bonchev–Trinajstić information content (AvgIpc) is 3.24. The van der Waals surface area contributed by atoms with Crippen molar-refractivity contribution in [2.45, 2.75) is 31.6 Å². The smallest absolute Gasteiger partial charge is 0.408 e. The Hall–Kier alpha value is -3.75. The second kappa shape index (κ2) is 10.9. The Balaban J connectivity index is 1.58. The molecule has 0 radical (unpaired) electrons. The van der Waals surface area contributed by atoms with Crippen molar-refractivity contribution in [1.82, 2.24) is 10.6 Å². The van der Waals surface area contributed by atoms with Crippen LogP contribution in [0.1, 0.15) is 17.5 Å². The molecule has 164 valence electrons. The van der Waals surface area contributed by atoms with Crippen molar-refractivity contribution < 1.29 is 29.0 Å². The quantitative estimate of drug-likeness (QED) is 0.594. The molecule has 3 rings (SSSR count). The molecule has 9 nitrogen and oxygen atoms in total. The Morgan fingerprint density at radius 3 is 2.68 bits per heavy atom. The highest BCUT2D eigenvalue weighted by molar-refractivity contribution is 5.86. The van der Waals surface area contributed by atoms with Crippen LogP contribution in [0.4, 0.5) is 4.79 Å². The first kappa shape index (κ1) is 21.9. The Morgan fingerprint density at radius 2 is 1.97 bits per heavy atom. The van der Waals surface area contributed by atoms with Crippen molar-refractivity contribution >= 4 is 17.9 Å². The van der Waals surface area contributed by atoms with Crippen molar-refractivity contribution in [1.29, 1.82) is 0 Å². The van der Waals surface area contributed by atoms with Gasteiger partial charge in [-0.15, -0.1) is 0 Å². The van der Waals surface area contributed by atoms with E-state index in [9.17, 15) is 14.7 Å². The number of phenolic OH excluding ortho intramolecular Hbond substituents is 1. The van der Waals surface area contributed by atoms with Crippen LogP contribution in [-0.2, 0) is 32.1 Å². The summed E-state index contributed by atoms with van der Waals surface area (Å²) in [5.74, 6) is 0.125. The first-order chi connectivity index (χ1) is 15.0. The number of ether oxygens (including phenoxy) is 2. The molecule has 2 unspecified atom stereocenters. The molecule has 0 aromatic heterocycles. The van der Waals surface area contributed by atoms with Gasteiger partial charge in [-0.2, -0.15) is 0 Å². The summed E-state index contributed by atoms with van der Waals surface area (Å²) in [6, 6.07) is 14.8. The fourth-order valence-corrected chi connectivity index (χ4v) is 3.01. The van der Waals surface area contributed by atoms with Crippen molar-refractivity contribution in [3.05, 3.63) is 65.7 Å². The molecule has 1 aliphatic rings. The van der Waals surface area contributed by atoms with Crippen LogP contribution in [0.15, 0.2) is 59.8 Å². The molecule has 0 aliphatic carbocycles. The summed E-state index contributed by atoms with van der Waals surface area (Å²) >= 11 is 0. The first-order valence-electron chi connectivity index (χ1n) is 9.83. The lowest BCUT2D eigenvalue weighted by molar-refractivity contribution is -0.123. The molecule has 3 N–H and O–H groups in total. The maximum Gasteiger partial charge on any atom is 0.408 e. The van der Waals surface area contributed by atoms with Crippen LogP contribution in [0.2, 0.25) is 0 Å². The summed E-state index contributed by atoms with van der Waals surface area (Å²) < 4.78 is 10.3. The van der Waals surface area contributed by atoms with E-state index in [0.717, 1.165) is 5.56 Å². The largest absolute Gasteiger partial charge is 0.508 e. The van der Waals surface area contributed by atoms with E-state index < -0.39 is 18.0 Å². The molecule has 2 aromatic rings. The molecule has 0 bridgehead atoms. The minimum atomic E-state index is -0.908. The van der Waals surface area contributed by atoms with E-state index in [1.165, 1.54) is 19.2 Å². The van der Waals surface area contributed by atoms with Gasteiger partial charge in [0, 0.05) is 6.42 Å². The average molecular weight is 427 g/mol. The lowest BCUT2D eigenvalue weighted by Crippen LogP contribution is -2.49. The second-order valence-electron chi connectivity index (χ2n) is 7.00. The molecule has 9 heteroatoms. The maximum absolute atomic E-state index is 12.8. The summed E-state index contributed by atoms with van der Waals surface area (Å²) in [6.07, 6.45) is -0.441. The number of nitrogens with zero attached hydrogens (tertiary/aromatic N) is 1.